The minimum atomic E-state index is -0.171. The second-order valence-corrected chi connectivity index (χ2v) is 4.30. The molecule has 1 aromatic carbocycles. The fraction of sp³-hybridized carbons (Fsp3) is 0.300. The highest BCUT2D eigenvalue weighted by molar-refractivity contribution is 9.10. The number of halogens is 1. The van der Waals surface area contributed by atoms with Crippen molar-refractivity contribution >= 4 is 33.2 Å². The Balaban J connectivity index is 2.52. The Morgan fingerprint density at radius 1 is 1.43 bits per heavy atom. The Bertz CT molecular complexity index is 403. The van der Waals surface area contributed by atoms with E-state index in [9.17, 15) is 4.79 Å². The molecule has 0 spiro atoms. The van der Waals surface area contributed by atoms with Crippen molar-refractivity contribution in [2.45, 2.75) is 19.9 Å². The standard InChI is InChI=1S/C10H11BrN2O/c1-5-7(11)3-4-8-9(5)12-6(2)10(14)13-8/h3-4,6,12H,1-2H3,(H,13,14)/t6-/m1/s1. The number of carbonyl (C=O) groups excluding carboxylic acids is 1. The van der Waals surface area contributed by atoms with Crippen LogP contribution in [0.3, 0.4) is 0 Å². The Kier molecular flexibility index (Phi) is 2.23. The van der Waals surface area contributed by atoms with Gasteiger partial charge in [-0.1, -0.05) is 15.9 Å². The van der Waals surface area contributed by atoms with Crippen LogP contribution in [0.2, 0.25) is 0 Å². The summed E-state index contributed by atoms with van der Waals surface area (Å²) in [6.07, 6.45) is 0. The smallest absolute Gasteiger partial charge is 0.246 e. The lowest BCUT2D eigenvalue weighted by atomic mass is 10.1. The van der Waals surface area contributed by atoms with E-state index in [1.165, 1.54) is 0 Å². The first-order valence-electron chi connectivity index (χ1n) is 4.46. The number of benzene rings is 1. The van der Waals surface area contributed by atoms with Crippen LogP contribution < -0.4 is 10.6 Å². The van der Waals surface area contributed by atoms with Crippen molar-refractivity contribution in [1.29, 1.82) is 0 Å². The first-order chi connectivity index (χ1) is 6.59. The van der Waals surface area contributed by atoms with Crippen molar-refractivity contribution in [2.75, 3.05) is 10.6 Å². The van der Waals surface area contributed by atoms with Gasteiger partial charge in [0.25, 0.3) is 0 Å². The zero-order valence-electron chi connectivity index (χ0n) is 8.02. The summed E-state index contributed by atoms with van der Waals surface area (Å²) >= 11 is 3.46. The molecule has 1 amide bonds. The summed E-state index contributed by atoms with van der Waals surface area (Å²) in [5.41, 5.74) is 2.98. The fourth-order valence-electron chi connectivity index (χ4n) is 1.50. The van der Waals surface area contributed by atoms with Gasteiger partial charge >= 0.3 is 0 Å². The number of amides is 1. The molecule has 74 valence electrons. The fourth-order valence-corrected chi connectivity index (χ4v) is 1.83. The van der Waals surface area contributed by atoms with Crippen LogP contribution in [0.25, 0.3) is 0 Å². The van der Waals surface area contributed by atoms with Crippen molar-refractivity contribution < 1.29 is 4.79 Å². The minimum absolute atomic E-state index is 0.0132. The van der Waals surface area contributed by atoms with E-state index in [2.05, 4.69) is 26.6 Å². The van der Waals surface area contributed by atoms with Gasteiger partial charge in [-0.15, -0.1) is 0 Å². The maximum Gasteiger partial charge on any atom is 0.246 e. The van der Waals surface area contributed by atoms with Gasteiger partial charge < -0.3 is 10.6 Å². The molecule has 1 aliphatic rings. The average molecular weight is 255 g/mol. The Morgan fingerprint density at radius 3 is 2.86 bits per heavy atom. The normalized spacial score (nSPS) is 19.6. The summed E-state index contributed by atoms with van der Waals surface area (Å²) < 4.78 is 1.05. The van der Waals surface area contributed by atoms with E-state index in [1.807, 2.05) is 26.0 Å². The predicted molar refractivity (Wildman–Crippen MR) is 60.6 cm³/mol. The molecule has 4 heteroatoms. The largest absolute Gasteiger partial charge is 0.372 e. The number of anilines is 2. The summed E-state index contributed by atoms with van der Waals surface area (Å²) in [7, 11) is 0. The Hall–Kier alpha value is -1.03. The predicted octanol–water partition coefficient (Wildman–Crippen LogP) is 2.51. The highest BCUT2D eigenvalue weighted by atomic mass is 79.9. The molecule has 1 aromatic rings. The van der Waals surface area contributed by atoms with Crippen molar-refractivity contribution in [3.8, 4) is 0 Å². The third kappa shape index (κ3) is 1.39. The topological polar surface area (TPSA) is 41.1 Å². The molecule has 0 fully saturated rings. The van der Waals surface area contributed by atoms with Gasteiger partial charge in [-0.3, -0.25) is 4.79 Å². The van der Waals surface area contributed by atoms with Crippen LogP contribution in [0, 0.1) is 6.92 Å². The molecule has 0 unspecified atom stereocenters. The molecule has 0 aliphatic carbocycles. The van der Waals surface area contributed by atoms with Crippen LogP contribution in [0.4, 0.5) is 11.4 Å². The number of hydrogen-bond acceptors (Lipinski definition) is 2. The lowest BCUT2D eigenvalue weighted by Crippen LogP contribution is -2.36. The quantitative estimate of drug-likeness (QED) is 0.747. The Morgan fingerprint density at radius 2 is 2.14 bits per heavy atom. The van der Waals surface area contributed by atoms with E-state index >= 15 is 0 Å². The van der Waals surface area contributed by atoms with E-state index in [0.29, 0.717) is 0 Å². The lowest BCUT2D eigenvalue weighted by molar-refractivity contribution is -0.116. The van der Waals surface area contributed by atoms with Gasteiger partial charge in [-0.25, -0.2) is 0 Å². The van der Waals surface area contributed by atoms with Crippen molar-refractivity contribution in [1.82, 2.24) is 0 Å². The van der Waals surface area contributed by atoms with E-state index in [4.69, 9.17) is 0 Å². The van der Waals surface area contributed by atoms with Gasteiger partial charge in [0.05, 0.1) is 11.4 Å². The zero-order chi connectivity index (χ0) is 10.3. The van der Waals surface area contributed by atoms with E-state index in [1.54, 1.807) is 0 Å². The van der Waals surface area contributed by atoms with Gasteiger partial charge in [0.1, 0.15) is 6.04 Å². The molecule has 0 bridgehead atoms. The molecule has 1 heterocycles. The zero-order valence-corrected chi connectivity index (χ0v) is 9.60. The minimum Gasteiger partial charge on any atom is -0.372 e. The van der Waals surface area contributed by atoms with Crippen molar-refractivity contribution in [2.24, 2.45) is 0 Å². The van der Waals surface area contributed by atoms with Crippen LogP contribution in [0.5, 0.6) is 0 Å². The molecule has 2 rings (SSSR count). The molecule has 0 saturated carbocycles. The lowest BCUT2D eigenvalue weighted by Gasteiger charge is -2.26. The third-order valence-corrected chi connectivity index (χ3v) is 3.27. The highest BCUT2D eigenvalue weighted by Gasteiger charge is 2.22. The highest BCUT2D eigenvalue weighted by Crippen LogP contribution is 2.34. The first kappa shape index (κ1) is 9.52. The second kappa shape index (κ2) is 3.28. The molecule has 1 aliphatic heterocycles. The molecule has 0 radical (unpaired) electrons. The van der Waals surface area contributed by atoms with Crippen LogP contribution >= 0.6 is 15.9 Å². The van der Waals surface area contributed by atoms with E-state index < -0.39 is 0 Å². The van der Waals surface area contributed by atoms with Gasteiger partial charge in [-0.2, -0.15) is 0 Å². The number of fused-ring (bicyclic) bond motifs is 1. The van der Waals surface area contributed by atoms with Gasteiger partial charge in [0.2, 0.25) is 5.91 Å². The van der Waals surface area contributed by atoms with Crippen LogP contribution in [-0.4, -0.2) is 11.9 Å². The maximum absolute atomic E-state index is 11.4. The SMILES string of the molecule is Cc1c(Br)ccc2c1N[C@H](C)C(=O)N2. The van der Waals surface area contributed by atoms with Crippen molar-refractivity contribution in [3.05, 3.63) is 22.2 Å². The van der Waals surface area contributed by atoms with Gasteiger partial charge in [0.15, 0.2) is 0 Å². The molecule has 0 aromatic heterocycles. The Labute approximate surface area is 91.0 Å². The number of nitrogens with one attached hydrogen (secondary N) is 2. The molecule has 14 heavy (non-hydrogen) atoms. The molecular weight excluding hydrogens is 244 g/mol. The number of rotatable bonds is 0. The number of hydrogen-bond donors (Lipinski definition) is 2. The average Bonchev–Trinajstić information content (AvgIpc) is 2.15. The number of carbonyl (C=O) groups is 1. The third-order valence-electron chi connectivity index (χ3n) is 2.41. The van der Waals surface area contributed by atoms with Gasteiger partial charge in [-0.05, 0) is 31.5 Å². The first-order valence-corrected chi connectivity index (χ1v) is 5.25. The van der Waals surface area contributed by atoms with E-state index in [0.717, 1.165) is 21.4 Å². The maximum atomic E-state index is 11.4. The van der Waals surface area contributed by atoms with Crippen LogP contribution in [0.1, 0.15) is 12.5 Å². The molecule has 2 N–H and O–H groups in total. The molecule has 0 saturated heterocycles. The van der Waals surface area contributed by atoms with Crippen LogP contribution in [-0.2, 0) is 4.79 Å². The van der Waals surface area contributed by atoms with Crippen molar-refractivity contribution in [3.63, 3.8) is 0 Å². The summed E-state index contributed by atoms with van der Waals surface area (Å²) in [6.45, 7) is 3.86. The summed E-state index contributed by atoms with van der Waals surface area (Å²) in [6, 6.07) is 3.66. The van der Waals surface area contributed by atoms with Crippen LogP contribution in [0.15, 0.2) is 16.6 Å². The summed E-state index contributed by atoms with van der Waals surface area (Å²) in [5.74, 6) is 0.0132. The monoisotopic (exact) mass is 254 g/mol. The van der Waals surface area contributed by atoms with E-state index in [-0.39, 0.29) is 11.9 Å². The summed E-state index contributed by atoms with van der Waals surface area (Å²) in [4.78, 5) is 11.4. The molecular formula is C10H11BrN2O. The molecule has 3 nitrogen and oxygen atoms in total. The molecule has 1 atom stereocenters. The van der Waals surface area contributed by atoms with Gasteiger partial charge in [0, 0.05) is 4.47 Å². The second-order valence-electron chi connectivity index (χ2n) is 3.45. The summed E-state index contributed by atoms with van der Waals surface area (Å²) in [5, 5.41) is 6.03.